The average molecular weight is 484 g/mol. The summed E-state index contributed by atoms with van der Waals surface area (Å²) in [6.07, 6.45) is -1.26. The monoisotopic (exact) mass is 483 g/mol. The molecule has 182 valence electrons. The summed E-state index contributed by atoms with van der Waals surface area (Å²) < 4.78 is 33.0. The van der Waals surface area contributed by atoms with E-state index in [1.165, 1.54) is 36.3 Å². The molecule has 0 bridgehead atoms. The van der Waals surface area contributed by atoms with Gasteiger partial charge >= 0.3 is 12.1 Å². The number of benzene rings is 1. The maximum Gasteiger partial charge on any atom is 0.408 e. The third kappa shape index (κ3) is 8.37. The number of sulfone groups is 1. The average Bonchev–Trinajstić information content (AvgIpc) is 2.71. The molecule has 2 N–H and O–H groups in total. The van der Waals surface area contributed by atoms with E-state index in [2.05, 4.69) is 15.4 Å². The number of nitrogens with one attached hydrogen (secondary N) is 2. The molecule has 1 aromatic rings. The number of carbonyl (C=O) groups is 4. The van der Waals surface area contributed by atoms with Crippen LogP contribution in [0.2, 0.25) is 0 Å². The van der Waals surface area contributed by atoms with Crippen LogP contribution in [0.25, 0.3) is 0 Å². The summed E-state index contributed by atoms with van der Waals surface area (Å²) in [5, 5.41) is 4.99. The number of alkyl carbamates (subject to hydrolysis) is 1. The first-order valence-corrected chi connectivity index (χ1v) is 12.1. The van der Waals surface area contributed by atoms with Gasteiger partial charge < -0.3 is 25.0 Å². The molecule has 0 aliphatic carbocycles. The predicted octanol–water partition coefficient (Wildman–Crippen LogP) is 0.952. The highest BCUT2D eigenvalue weighted by molar-refractivity contribution is 7.91. The van der Waals surface area contributed by atoms with E-state index < -0.39 is 45.4 Å². The minimum atomic E-state index is -3.18. The standard InChI is InChI=1S/C21H29N3O8S/c1-21(2,3)32-20(28)23-16(13-17(25)24-9-11-33(29,30)12-10-24)18(26)22-15-7-5-14(6-8-15)19(27)31-4/h5-8,16H,9-13H2,1-4H3,(H,22,26)(H,23,28)/t16-/m0/s1. The lowest BCUT2D eigenvalue weighted by Crippen LogP contribution is -2.50. The van der Waals surface area contributed by atoms with E-state index in [0.717, 1.165) is 0 Å². The summed E-state index contributed by atoms with van der Waals surface area (Å²) in [7, 11) is -1.93. The fraction of sp³-hybridized carbons (Fsp3) is 0.524. The van der Waals surface area contributed by atoms with E-state index in [1.54, 1.807) is 20.8 Å². The van der Waals surface area contributed by atoms with Crippen molar-refractivity contribution in [1.29, 1.82) is 0 Å². The number of ether oxygens (including phenoxy) is 2. The Kier molecular flexibility index (Phi) is 8.42. The Labute approximate surface area is 192 Å². The molecule has 33 heavy (non-hydrogen) atoms. The highest BCUT2D eigenvalue weighted by Gasteiger charge is 2.31. The first kappa shape index (κ1) is 26.1. The number of nitrogens with zero attached hydrogens (tertiary/aromatic N) is 1. The van der Waals surface area contributed by atoms with Gasteiger partial charge in [-0.1, -0.05) is 0 Å². The summed E-state index contributed by atoms with van der Waals surface area (Å²) >= 11 is 0. The molecule has 1 aromatic carbocycles. The molecular formula is C21H29N3O8S. The maximum atomic E-state index is 12.9. The lowest BCUT2D eigenvalue weighted by Gasteiger charge is -2.29. The van der Waals surface area contributed by atoms with Crippen molar-refractivity contribution in [1.82, 2.24) is 10.2 Å². The minimum absolute atomic E-state index is 0.0247. The van der Waals surface area contributed by atoms with Crippen molar-refractivity contribution in [3.05, 3.63) is 29.8 Å². The van der Waals surface area contributed by atoms with Crippen LogP contribution in [0.1, 0.15) is 37.6 Å². The van der Waals surface area contributed by atoms with Crippen LogP contribution in [0.4, 0.5) is 10.5 Å². The lowest BCUT2D eigenvalue weighted by molar-refractivity contribution is -0.133. The molecule has 0 aromatic heterocycles. The zero-order valence-electron chi connectivity index (χ0n) is 19.0. The predicted molar refractivity (Wildman–Crippen MR) is 119 cm³/mol. The van der Waals surface area contributed by atoms with Crippen molar-refractivity contribution < 1.29 is 37.1 Å². The van der Waals surface area contributed by atoms with Crippen LogP contribution in [0.15, 0.2) is 24.3 Å². The highest BCUT2D eigenvalue weighted by atomic mass is 32.2. The summed E-state index contributed by atoms with van der Waals surface area (Å²) in [6, 6.07) is 4.60. The number of rotatable bonds is 6. The SMILES string of the molecule is COC(=O)c1ccc(NC(=O)[C@H](CC(=O)N2CCS(=O)(=O)CC2)NC(=O)OC(C)(C)C)cc1. The largest absolute Gasteiger partial charge is 0.465 e. The van der Waals surface area contributed by atoms with E-state index in [1.807, 2.05) is 0 Å². The third-order valence-electron chi connectivity index (χ3n) is 4.66. The van der Waals surface area contributed by atoms with Crippen LogP contribution in [-0.2, 0) is 28.9 Å². The lowest BCUT2D eigenvalue weighted by atomic mass is 10.1. The molecule has 0 spiro atoms. The van der Waals surface area contributed by atoms with Gasteiger partial charge in [-0.05, 0) is 45.0 Å². The molecule has 3 amide bonds. The van der Waals surface area contributed by atoms with Gasteiger partial charge in [0, 0.05) is 18.8 Å². The molecule has 11 nitrogen and oxygen atoms in total. The summed E-state index contributed by atoms with van der Waals surface area (Å²) in [5.41, 5.74) is -0.200. The Hall–Kier alpha value is -3.15. The van der Waals surface area contributed by atoms with Gasteiger partial charge in [-0.15, -0.1) is 0 Å². The van der Waals surface area contributed by atoms with Gasteiger partial charge in [-0.2, -0.15) is 0 Å². The third-order valence-corrected chi connectivity index (χ3v) is 6.27. The molecular weight excluding hydrogens is 454 g/mol. The molecule has 0 unspecified atom stereocenters. The fourth-order valence-electron chi connectivity index (χ4n) is 2.96. The molecule has 12 heteroatoms. The molecule has 1 saturated heterocycles. The van der Waals surface area contributed by atoms with E-state index in [0.29, 0.717) is 5.69 Å². The van der Waals surface area contributed by atoms with Crippen LogP contribution in [0.5, 0.6) is 0 Å². The number of anilines is 1. The second kappa shape index (κ2) is 10.6. The molecule has 1 fully saturated rings. The zero-order chi connectivity index (χ0) is 24.8. The van der Waals surface area contributed by atoms with Crippen molar-refractivity contribution in [3.63, 3.8) is 0 Å². The summed E-state index contributed by atoms with van der Waals surface area (Å²) in [6.45, 7) is 5.02. The Morgan fingerprint density at radius 2 is 1.64 bits per heavy atom. The van der Waals surface area contributed by atoms with E-state index in [4.69, 9.17) is 4.74 Å². The Bertz CT molecular complexity index is 985. The smallest absolute Gasteiger partial charge is 0.408 e. The first-order valence-electron chi connectivity index (χ1n) is 10.3. The van der Waals surface area contributed by atoms with Gasteiger partial charge in [0.05, 0.1) is 30.6 Å². The van der Waals surface area contributed by atoms with Gasteiger partial charge in [-0.3, -0.25) is 9.59 Å². The number of amides is 3. The maximum absolute atomic E-state index is 12.9. The van der Waals surface area contributed by atoms with Crippen molar-refractivity contribution in [3.8, 4) is 0 Å². The van der Waals surface area contributed by atoms with Crippen LogP contribution >= 0.6 is 0 Å². The van der Waals surface area contributed by atoms with Gasteiger partial charge in [0.2, 0.25) is 11.8 Å². The second-order valence-electron chi connectivity index (χ2n) is 8.49. The van der Waals surface area contributed by atoms with Crippen LogP contribution in [-0.4, -0.2) is 80.5 Å². The highest BCUT2D eigenvalue weighted by Crippen LogP contribution is 2.14. The zero-order valence-corrected chi connectivity index (χ0v) is 19.9. The fourth-order valence-corrected chi connectivity index (χ4v) is 4.16. The van der Waals surface area contributed by atoms with Gasteiger partial charge in [0.25, 0.3) is 0 Å². The molecule has 1 atom stereocenters. The molecule has 1 aliphatic rings. The number of methoxy groups -OCH3 is 1. The second-order valence-corrected chi connectivity index (χ2v) is 10.8. The van der Waals surface area contributed by atoms with Crippen LogP contribution < -0.4 is 10.6 Å². The molecule has 1 heterocycles. The number of esters is 1. The first-order chi connectivity index (χ1) is 15.3. The Morgan fingerprint density at radius 1 is 1.06 bits per heavy atom. The molecule has 2 rings (SSSR count). The number of hydrogen-bond donors (Lipinski definition) is 2. The van der Waals surface area contributed by atoms with Crippen molar-refractivity contribution in [2.75, 3.05) is 37.0 Å². The minimum Gasteiger partial charge on any atom is -0.465 e. The van der Waals surface area contributed by atoms with Crippen molar-refractivity contribution in [2.24, 2.45) is 0 Å². The summed E-state index contributed by atoms with van der Waals surface area (Å²) in [5.74, 6) is -1.98. The van der Waals surface area contributed by atoms with Gasteiger partial charge in [-0.25, -0.2) is 18.0 Å². The summed E-state index contributed by atoms with van der Waals surface area (Å²) in [4.78, 5) is 50.7. The van der Waals surface area contributed by atoms with Crippen molar-refractivity contribution >= 4 is 39.4 Å². The van der Waals surface area contributed by atoms with Crippen LogP contribution in [0, 0.1) is 0 Å². The molecule has 1 aliphatic heterocycles. The number of carbonyl (C=O) groups excluding carboxylic acids is 4. The topological polar surface area (TPSA) is 148 Å². The molecule has 0 radical (unpaired) electrons. The molecule has 0 saturated carbocycles. The van der Waals surface area contributed by atoms with E-state index in [9.17, 15) is 27.6 Å². The normalized spacial score (nSPS) is 16.3. The van der Waals surface area contributed by atoms with E-state index >= 15 is 0 Å². The number of hydrogen-bond acceptors (Lipinski definition) is 8. The Morgan fingerprint density at radius 3 is 2.15 bits per heavy atom. The van der Waals surface area contributed by atoms with Crippen molar-refractivity contribution in [2.45, 2.75) is 38.8 Å². The van der Waals surface area contributed by atoms with Gasteiger partial charge in [0.1, 0.15) is 11.6 Å². The Balaban J connectivity index is 2.12. The quantitative estimate of drug-likeness (QED) is 0.568. The van der Waals surface area contributed by atoms with E-state index in [-0.39, 0.29) is 36.6 Å². The van der Waals surface area contributed by atoms with Crippen LogP contribution in [0.3, 0.4) is 0 Å². The van der Waals surface area contributed by atoms with Gasteiger partial charge in [0.15, 0.2) is 9.84 Å².